The summed E-state index contributed by atoms with van der Waals surface area (Å²) in [4.78, 5) is 11.8. The minimum Gasteiger partial charge on any atom is -0.368 e. The van der Waals surface area contributed by atoms with Gasteiger partial charge in [0, 0.05) is 25.7 Å². The number of nitrogens with one attached hydrogen (secondary N) is 1. The van der Waals surface area contributed by atoms with Crippen molar-refractivity contribution in [2.75, 3.05) is 26.0 Å². The molecule has 7 heteroatoms. The summed E-state index contributed by atoms with van der Waals surface area (Å²) in [6, 6.07) is 0.0911. The van der Waals surface area contributed by atoms with Crippen LogP contribution in [0.1, 0.15) is 44.9 Å². The van der Waals surface area contributed by atoms with Crippen molar-refractivity contribution in [3.63, 3.8) is 0 Å². The van der Waals surface area contributed by atoms with E-state index >= 15 is 0 Å². The van der Waals surface area contributed by atoms with Crippen molar-refractivity contribution >= 4 is 15.9 Å². The van der Waals surface area contributed by atoms with Gasteiger partial charge in [-0.15, -0.1) is 0 Å². The highest BCUT2D eigenvalue weighted by Crippen LogP contribution is 2.24. The summed E-state index contributed by atoms with van der Waals surface area (Å²) in [7, 11) is -3.23. The highest BCUT2D eigenvalue weighted by molar-refractivity contribution is 7.88. The van der Waals surface area contributed by atoms with Crippen LogP contribution in [0.5, 0.6) is 0 Å². The van der Waals surface area contributed by atoms with Crippen molar-refractivity contribution < 1.29 is 17.9 Å². The lowest BCUT2D eigenvalue weighted by atomic mass is 9.95. The van der Waals surface area contributed by atoms with E-state index in [1.165, 1.54) is 12.7 Å². The number of nitrogens with zero attached hydrogens (tertiary/aromatic N) is 1. The summed E-state index contributed by atoms with van der Waals surface area (Å²) < 4.78 is 30.8. The molecule has 2 fully saturated rings. The van der Waals surface area contributed by atoms with Gasteiger partial charge in [0.05, 0.1) is 6.26 Å². The summed E-state index contributed by atoms with van der Waals surface area (Å²) in [6.07, 6.45) is 7.76. The Morgan fingerprint density at radius 2 is 1.90 bits per heavy atom. The number of hydrogen-bond donors (Lipinski definition) is 1. The predicted octanol–water partition coefficient (Wildman–Crippen LogP) is 0.876. The Bertz CT molecular complexity index is 440. The van der Waals surface area contributed by atoms with E-state index in [0.29, 0.717) is 19.7 Å². The number of amides is 1. The van der Waals surface area contributed by atoms with Crippen LogP contribution in [0.15, 0.2) is 0 Å². The number of ether oxygens (including phenoxy) is 1. The molecule has 21 heavy (non-hydrogen) atoms. The monoisotopic (exact) mass is 318 g/mol. The lowest BCUT2D eigenvalue weighted by Crippen LogP contribution is -2.46. The first-order chi connectivity index (χ1) is 9.98. The molecule has 1 saturated heterocycles. The molecule has 1 atom stereocenters. The zero-order valence-corrected chi connectivity index (χ0v) is 13.5. The summed E-state index contributed by atoms with van der Waals surface area (Å²) in [5.41, 5.74) is 0. The van der Waals surface area contributed by atoms with E-state index in [1.807, 2.05) is 0 Å². The van der Waals surface area contributed by atoms with E-state index in [-0.39, 0.29) is 18.1 Å². The second-order valence-electron chi connectivity index (χ2n) is 5.96. The standard InChI is InChI=1S/C14H26N2O4S/c1-21(18,19)16(12-6-3-2-4-7-12)10-9-15-14(17)13-8-5-11-20-13/h12-13H,2-11H2,1H3,(H,15,17). The van der Waals surface area contributed by atoms with Gasteiger partial charge in [-0.25, -0.2) is 8.42 Å². The first kappa shape index (κ1) is 16.7. The molecule has 6 nitrogen and oxygen atoms in total. The molecule has 0 aromatic heterocycles. The number of carbonyl (C=O) groups excluding carboxylic acids is 1. The maximum Gasteiger partial charge on any atom is 0.249 e. The molecule has 2 rings (SSSR count). The molecule has 0 aromatic carbocycles. The van der Waals surface area contributed by atoms with Gasteiger partial charge < -0.3 is 10.1 Å². The van der Waals surface area contributed by atoms with Gasteiger partial charge in [0.15, 0.2) is 0 Å². The molecule has 1 aliphatic heterocycles. The molecule has 0 radical (unpaired) electrons. The van der Waals surface area contributed by atoms with Crippen LogP contribution in [0.2, 0.25) is 0 Å². The molecule has 122 valence electrons. The quantitative estimate of drug-likeness (QED) is 0.789. The molecule has 0 aromatic rings. The van der Waals surface area contributed by atoms with Crippen molar-refractivity contribution in [1.82, 2.24) is 9.62 Å². The second-order valence-corrected chi connectivity index (χ2v) is 7.89. The third-order valence-corrected chi connectivity index (χ3v) is 5.59. The number of rotatable bonds is 6. The maximum absolute atomic E-state index is 12.0. The van der Waals surface area contributed by atoms with Crippen molar-refractivity contribution in [2.24, 2.45) is 0 Å². The molecular formula is C14H26N2O4S. The minimum atomic E-state index is -3.23. The molecule has 1 amide bonds. The molecule has 2 aliphatic rings. The van der Waals surface area contributed by atoms with Crippen LogP contribution in [-0.2, 0) is 19.6 Å². The van der Waals surface area contributed by atoms with Crippen LogP contribution in [-0.4, -0.2) is 56.7 Å². The first-order valence-corrected chi connectivity index (χ1v) is 9.69. The van der Waals surface area contributed by atoms with Gasteiger partial charge in [-0.3, -0.25) is 4.79 Å². The summed E-state index contributed by atoms with van der Waals surface area (Å²) in [6.45, 7) is 1.33. The van der Waals surface area contributed by atoms with Crippen LogP contribution in [0.25, 0.3) is 0 Å². The summed E-state index contributed by atoms with van der Waals surface area (Å²) in [5.74, 6) is -0.121. The van der Waals surface area contributed by atoms with Gasteiger partial charge >= 0.3 is 0 Å². The SMILES string of the molecule is CS(=O)(=O)N(CCNC(=O)C1CCCO1)C1CCCCC1. The van der Waals surface area contributed by atoms with Gasteiger partial charge in [-0.2, -0.15) is 4.31 Å². The zero-order valence-electron chi connectivity index (χ0n) is 12.7. The third-order valence-electron chi connectivity index (χ3n) is 4.26. The van der Waals surface area contributed by atoms with Gasteiger partial charge in [0.25, 0.3) is 0 Å². The Morgan fingerprint density at radius 3 is 2.48 bits per heavy atom. The highest BCUT2D eigenvalue weighted by atomic mass is 32.2. The topological polar surface area (TPSA) is 75.7 Å². The molecule has 0 bridgehead atoms. The molecule has 1 N–H and O–H groups in total. The van der Waals surface area contributed by atoms with Crippen LogP contribution in [0.3, 0.4) is 0 Å². The fraction of sp³-hybridized carbons (Fsp3) is 0.929. The van der Waals surface area contributed by atoms with Crippen LogP contribution in [0, 0.1) is 0 Å². The highest BCUT2D eigenvalue weighted by Gasteiger charge is 2.28. The Hall–Kier alpha value is -0.660. The molecule has 1 aliphatic carbocycles. The normalized spacial score (nSPS) is 24.4. The number of sulfonamides is 1. The molecule has 0 spiro atoms. The fourth-order valence-corrected chi connectivity index (χ4v) is 4.35. The lowest BCUT2D eigenvalue weighted by molar-refractivity contribution is -0.130. The smallest absolute Gasteiger partial charge is 0.249 e. The summed E-state index contributed by atoms with van der Waals surface area (Å²) in [5, 5.41) is 2.80. The van der Waals surface area contributed by atoms with Crippen molar-refractivity contribution in [2.45, 2.75) is 57.1 Å². The van der Waals surface area contributed by atoms with Crippen molar-refractivity contribution in [3.05, 3.63) is 0 Å². The van der Waals surface area contributed by atoms with Gasteiger partial charge in [0.1, 0.15) is 6.10 Å². The average molecular weight is 318 g/mol. The number of hydrogen-bond acceptors (Lipinski definition) is 4. The Morgan fingerprint density at radius 1 is 1.19 bits per heavy atom. The van der Waals surface area contributed by atoms with E-state index in [0.717, 1.165) is 38.5 Å². The Labute approximate surface area is 127 Å². The Balaban J connectivity index is 1.82. The Kier molecular flexibility index (Phi) is 6.01. The van der Waals surface area contributed by atoms with Crippen LogP contribution in [0.4, 0.5) is 0 Å². The van der Waals surface area contributed by atoms with E-state index in [2.05, 4.69) is 5.32 Å². The molecular weight excluding hydrogens is 292 g/mol. The van der Waals surface area contributed by atoms with Crippen LogP contribution >= 0.6 is 0 Å². The first-order valence-electron chi connectivity index (χ1n) is 7.84. The van der Waals surface area contributed by atoms with Gasteiger partial charge in [-0.1, -0.05) is 19.3 Å². The maximum atomic E-state index is 12.0. The van der Waals surface area contributed by atoms with Gasteiger partial charge in [-0.05, 0) is 25.7 Å². The van der Waals surface area contributed by atoms with Gasteiger partial charge in [0.2, 0.25) is 15.9 Å². The second kappa shape index (κ2) is 7.56. The van der Waals surface area contributed by atoms with Crippen molar-refractivity contribution in [3.8, 4) is 0 Å². The van der Waals surface area contributed by atoms with Crippen LogP contribution < -0.4 is 5.32 Å². The van der Waals surface area contributed by atoms with E-state index < -0.39 is 10.0 Å². The van der Waals surface area contributed by atoms with E-state index in [4.69, 9.17) is 4.74 Å². The lowest BCUT2D eigenvalue weighted by Gasteiger charge is -2.32. The third kappa shape index (κ3) is 4.93. The zero-order chi connectivity index (χ0) is 15.3. The number of carbonyl (C=O) groups is 1. The fourth-order valence-electron chi connectivity index (χ4n) is 3.18. The largest absolute Gasteiger partial charge is 0.368 e. The molecule has 1 unspecified atom stereocenters. The molecule has 1 heterocycles. The molecule has 1 saturated carbocycles. The van der Waals surface area contributed by atoms with E-state index in [9.17, 15) is 13.2 Å². The summed E-state index contributed by atoms with van der Waals surface area (Å²) >= 11 is 0. The average Bonchev–Trinajstić information content (AvgIpc) is 2.97. The predicted molar refractivity (Wildman–Crippen MR) is 80.4 cm³/mol. The van der Waals surface area contributed by atoms with Crippen molar-refractivity contribution in [1.29, 1.82) is 0 Å². The van der Waals surface area contributed by atoms with E-state index in [1.54, 1.807) is 4.31 Å². The minimum absolute atomic E-state index is 0.0911.